The molecule has 1 aromatic heterocycles. The molecule has 0 unspecified atom stereocenters. The Hall–Kier alpha value is -3.97. The Morgan fingerprint density at radius 3 is 2.44 bits per heavy atom. The number of aromatic nitrogens is 2. The molecule has 0 aliphatic carbocycles. The molecule has 0 fully saturated rings. The summed E-state index contributed by atoms with van der Waals surface area (Å²) in [5.41, 5.74) is 5.38. The number of anilines is 1. The summed E-state index contributed by atoms with van der Waals surface area (Å²) in [6.07, 6.45) is 0. The summed E-state index contributed by atoms with van der Waals surface area (Å²) in [6.45, 7) is 5.22. The Labute approximate surface area is 199 Å². The molecule has 0 bridgehead atoms. The highest BCUT2D eigenvalue weighted by Gasteiger charge is 2.11. The van der Waals surface area contributed by atoms with E-state index in [1.54, 1.807) is 6.92 Å². The van der Waals surface area contributed by atoms with Crippen molar-refractivity contribution in [3.8, 4) is 28.3 Å². The minimum atomic E-state index is -0.170. The number of carbonyl (C=O) groups is 1. The summed E-state index contributed by atoms with van der Waals surface area (Å²) in [6, 6.07) is 21.0. The first kappa shape index (κ1) is 23.2. The molecule has 0 spiro atoms. The predicted molar refractivity (Wildman–Crippen MR) is 133 cm³/mol. The topological polar surface area (TPSA) is 80.5 Å². The van der Waals surface area contributed by atoms with Gasteiger partial charge in [0.25, 0.3) is 5.91 Å². The molecule has 34 heavy (non-hydrogen) atoms. The van der Waals surface area contributed by atoms with Crippen LogP contribution in [0.25, 0.3) is 22.5 Å². The van der Waals surface area contributed by atoms with E-state index in [2.05, 4.69) is 20.4 Å². The molecule has 7 nitrogen and oxygen atoms in total. The van der Waals surface area contributed by atoms with Crippen LogP contribution in [0, 0.1) is 13.8 Å². The Balaban J connectivity index is 1.43. The Morgan fingerprint density at radius 1 is 1.00 bits per heavy atom. The minimum absolute atomic E-state index is 0.170. The molecule has 3 aromatic carbocycles. The lowest BCUT2D eigenvalue weighted by Gasteiger charge is -2.12. The molecule has 1 amide bonds. The molecule has 7 heteroatoms. The molecular formula is C27H28N4O3. The van der Waals surface area contributed by atoms with Crippen LogP contribution < -0.4 is 10.1 Å². The molecule has 1 heterocycles. The van der Waals surface area contributed by atoms with E-state index in [1.807, 2.05) is 87.7 Å². The monoisotopic (exact) mass is 456 g/mol. The van der Waals surface area contributed by atoms with Gasteiger partial charge in [-0.15, -0.1) is 0 Å². The highest BCUT2D eigenvalue weighted by atomic mass is 16.5. The number of nitrogens with one attached hydrogen (secondary N) is 1. The van der Waals surface area contributed by atoms with Crippen LogP contribution in [-0.4, -0.2) is 48.2 Å². The first-order valence-electron chi connectivity index (χ1n) is 11.1. The molecule has 0 radical (unpaired) electrons. The van der Waals surface area contributed by atoms with Gasteiger partial charge in [-0.3, -0.25) is 4.79 Å². The van der Waals surface area contributed by atoms with Gasteiger partial charge in [-0.1, -0.05) is 35.5 Å². The van der Waals surface area contributed by atoms with Crippen LogP contribution in [-0.2, 0) is 0 Å². The van der Waals surface area contributed by atoms with E-state index in [0.717, 1.165) is 34.5 Å². The second-order valence-corrected chi connectivity index (χ2v) is 8.38. The van der Waals surface area contributed by atoms with Crippen LogP contribution in [0.4, 0.5) is 5.69 Å². The van der Waals surface area contributed by atoms with Crippen LogP contribution in [0.5, 0.6) is 5.75 Å². The minimum Gasteiger partial charge on any atom is -0.492 e. The van der Waals surface area contributed by atoms with Gasteiger partial charge in [0.1, 0.15) is 12.4 Å². The fourth-order valence-corrected chi connectivity index (χ4v) is 3.56. The summed E-state index contributed by atoms with van der Waals surface area (Å²) >= 11 is 0. The maximum absolute atomic E-state index is 12.8. The van der Waals surface area contributed by atoms with Crippen molar-refractivity contribution in [2.75, 3.05) is 32.6 Å². The third-order valence-corrected chi connectivity index (χ3v) is 5.37. The van der Waals surface area contributed by atoms with Crippen molar-refractivity contribution in [1.29, 1.82) is 0 Å². The summed E-state index contributed by atoms with van der Waals surface area (Å²) in [5, 5.41) is 6.93. The first-order chi connectivity index (χ1) is 16.4. The standard InChI is InChI=1S/C27H28N4O3/c1-18-16-22(26-28-19(2)34-30-26)12-13-25(18)20-8-10-21(11-9-20)27(32)29-23-6-5-7-24(17-23)33-15-14-31(3)4/h5-13,16-17H,14-15H2,1-4H3,(H,29,32). The number of hydrogen-bond donors (Lipinski definition) is 1. The van der Waals surface area contributed by atoms with Crippen molar-refractivity contribution in [2.24, 2.45) is 0 Å². The van der Waals surface area contributed by atoms with Gasteiger partial charge < -0.3 is 19.5 Å². The third kappa shape index (κ3) is 5.68. The zero-order chi connectivity index (χ0) is 24.1. The van der Waals surface area contributed by atoms with E-state index in [9.17, 15) is 4.79 Å². The molecule has 0 saturated heterocycles. The molecule has 0 atom stereocenters. The fourth-order valence-electron chi connectivity index (χ4n) is 3.56. The third-order valence-electron chi connectivity index (χ3n) is 5.37. The summed E-state index contributed by atoms with van der Waals surface area (Å²) in [4.78, 5) is 19.1. The van der Waals surface area contributed by atoms with Crippen LogP contribution in [0.2, 0.25) is 0 Å². The molecule has 4 aromatic rings. The van der Waals surface area contributed by atoms with E-state index in [1.165, 1.54) is 0 Å². The van der Waals surface area contributed by atoms with Crippen molar-refractivity contribution in [3.05, 3.63) is 83.7 Å². The van der Waals surface area contributed by atoms with Gasteiger partial charge in [0.2, 0.25) is 11.7 Å². The Bertz CT molecular complexity index is 1280. The van der Waals surface area contributed by atoms with Crippen LogP contribution >= 0.6 is 0 Å². The number of nitrogens with zero attached hydrogens (tertiary/aromatic N) is 3. The number of ether oxygens (including phenoxy) is 1. The average molecular weight is 457 g/mol. The van der Waals surface area contributed by atoms with E-state index in [-0.39, 0.29) is 5.91 Å². The predicted octanol–water partition coefficient (Wildman–Crippen LogP) is 5.21. The van der Waals surface area contributed by atoms with Crippen molar-refractivity contribution >= 4 is 11.6 Å². The number of rotatable bonds is 8. The lowest BCUT2D eigenvalue weighted by molar-refractivity contribution is 0.102. The first-order valence-corrected chi connectivity index (χ1v) is 11.1. The van der Waals surface area contributed by atoms with Crippen molar-refractivity contribution in [3.63, 3.8) is 0 Å². The van der Waals surface area contributed by atoms with E-state index in [4.69, 9.17) is 9.26 Å². The van der Waals surface area contributed by atoms with E-state index < -0.39 is 0 Å². The molecule has 174 valence electrons. The molecule has 0 aliphatic rings. The zero-order valence-electron chi connectivity index (χ0n) is 19.8. The van der Waals surface area contributed by atoms with Gasteiger partial charge in [-0.25, -0.2) is 0 Å². The molecular weight excluding hydrogens is 428 g/mol. The van der Waals surface area contributed by atoms with Gasteiger partial charge in [0.15, 0.2) is 0 Å². The largest absolute Gasteiger partial charge is 0.492 e. The smallest absolute Gasteiger partial charge is 0.255 e. The zero-order valence-corrected chi connectivity index (χ0v) is 19.8. The normalized spacial score (nSPS) is 11.0. The van der Waals surface area contributed by atoms with Crippen molar-refractivity contribution < 1.29 is 14.1 Å². The van der Waals surface area contributed by atoms with Gasteiger partial charge >= 0.3 is 0 Å². The number of benzene rings is 3. The van der Waals surface area contributed by atoms with Crippen molar-refractivity contribution in [1.82, 2.24) is 15.0 Å². The van der Waals surface area contributed by atoms with Gasteiger partial charge in [-0.2, -0.15) is 4.98 Å². The summed E-state index contributed by atoms with van der Waals surface area (Å²) < 4.78 is 10.8. The van der Waals surface area contributed by atoms with Crippen LogP contribution in [0.3, 0.4) is 0 Å². The number of likely N-dealkylation sites (N-methyl/N-ethyl adjacent to an activating group) is 1. The van der Waals surface area contributed by atoms with Crippen LogP contribution in [0.1, 0.15) is 21.8 Å². The van der Waals surface area contributed by atoms with E-state index >= 15 is 0 Å². The highest BCUT2D eigenvalue weighted by molar-refractivity contribution is 6.04. The highest BCUT2D eigenvalue weighted by Crippen LogP contribution is 2.28. The van der Waals surface area contributed by atoms with Gasteiger partial charge in [-0.05, 0) is 68.0 Å². The number of amides is 1. The Kier molecular flexibility index (Phi) is 7.04. The fraction of sp³-hybridized carbons (Fsp3) is 0.222. The Morgan fingerprint density at radius 2 is 1.76 bits per heavy atom. The number of carbonyl (C=O) groups excluding carboxylic acids is 1. The number of aryl methyl sites for hydroxylation is 2. The second-order valence-electron chi connectivity index (χ2n) is 8.38. The maximum atomic E-state index is 12.8. The average Bonchev–Trinajstić information content (AvgIpc) is 3.25. The van der Waals surface area contributed by atoms with Crippen LogP contribution in [0.15, 0.2) is 71.3 Å². The molecule has 4 rings (SSSR count). The molecule has 0 aliphatic heterocycles. The van der Waals surface area contributed by atoms with Crippen molar-refractivity contribution in [2.45, 2.75) is 13.8 Å². The quantitative estimate of drug-likeness (QED) is 0.392. The lowest BCUT2D eigenvalue weighted by Crippen LogP contribution is -2.19. The lowest BCUT2D eigenvalue weighted by atomic mass is 9.97. The van der Waals surface area contributed by atoms with Gasteiger partial charge in [0.05, 0.1) is 0 Å². The number of hydrogen-bond acceptors (Lipinski definition) is 6. The second kappa shape index (κ2) is 10.3. The SMILES string of the molecule is Cc1nc(-c2ccc(-c3ccc(C(=O)Nc4cccc(OCCN(C)C)c4)cc3)c(C)c2)no1. The summed E-state index contributed by atoms with van der Waals surface area (Å²) in [5.74, 6) is 1.67. The van der Waals surface area contributed by atoms with E-state index in [0.29, 0.717) is 29.6 Å². The molecule has 0 saturated carbocycles. The van der Waals surface area contributed by atoms with Gasteiger partial charge in [0, 0.05) is 36.3 Å². The summed E-state index contributed by atoms with van der Waals surface area (Å²) in [7, 11) is 4.00. The maximum Gasteiger partial charge on any atom is 0.255 e. The molecule has 1 N–H and O–H groups in total.